The number of amides is 2. The third kappa shape index (κ3) is 4.78. The molecular weight excluding hydrogens is 251 g/mol. The zero-order valence-corrected chi connectivity index (χ0v) is 12.0. The van der Waals surface area contributed by atoms with E-state index in [9.17, 15) is 14.0 Å². The predicted molar refractivity (Wildman–Crippen MR) is 69.4 cm³/mol. The van der Waals surface area contributed by atoms with Gasteiger partial charge in [0.05, 0.1) is 18.8 Å². The first kappa shape index (κ1) is 15.9. The fourth-order valence-corrected chi connectivity index (χ4v) is 2.23. The molecule has 0 unspecified atom stereocenters. The molecular formula is C13H23FN2O3. The number of piperidine rings is 1. The maximum absolute atomic E-state index is 13.9. The summed E-state index contributed by atoms with van der Waals surface area (Å²) in [6.45, 7) is 7.17. The van der Waals surface area contributed by atoms with E-state index < -0.39 is 18.3 Å². The Labute approximate surface area is 113 Å². The summed E-state index contributed by atoms with van der Waals surface area (Å²) in [5.74, 6) is -0.517. The van der Waals surface area contributed by atoms with Crippen molar-refractivity contribution >= 4 is 11.8 Å². The highest BCUT2D eigenvalue weighted by atomic mass is 19.1. The number of carbonyl (C=O) groups excluding carboxylic acids is 2. The zero-order chi connectivity index (χ0) is 14.6. The number of rotatable bonds is 4. The first-order valence-electron chi connectivity index (χ1n) is 6.66. The molecule has 0 radical (unpaired) electrons. The van der Waals surface area contributed by atoms with E-state index in [0.29, 0.717) is 13.0 Å². The largest absolute Gasteiger partial charge is 0.372 e. The Kier molecular flexibility index (Phi) is 5.72. The van der Waals surface area contributed by atoms with Crippen LogP contribution < -0.4 is 5.32 Å². The van der Waals surface area contributed by atoms with Gasteiger partial charge in [-0.15, -0.1) is 0 Å². The van der Waals surface area contributed by atoms with E-state index in [2.05, 4.69) is 5.32 Å². The van der Waals surface area contributed by atoms with Crippen LogP contribution in [0.5, 0.6) is 0 Å². The van der Waals surface area contributed by atoms with E-state index >= 15 is 0 Å². The molecule has 6 heteroatoms. The van der Waals surface area contributed by atoms with Crippen molar-refractivity contribution in [2.75, 3.05) is 13.1 Å². The molecule has 1 saturated heterocycles. The van der Waals surface area contributed by atoms with Crippen LogP contribution in [0.1, 0.15) is 34.1 Å². The Hall–Kier alpha value is -1.17. The van der Waals surface area contributed by atoms with Crippen molar-refractivity contribution < 1.29 is 18.7 Å². The van der Waals surface area contributed by atoms with E-state index in [-0.39, 0.29) is 24.5 Å². The van der Waals surface area contributed by atoms with Gasteiger partial charge < -0.3 is 15.0 Å². The van der Waals surface area contributed by atoms with Gasteiger partial charge in [0.1, 0.15) is 12.2 Å². The molecule has 0 spiro atoms. The summed E-state index contributed by atoms with van der Waals surface area (Å²) >= 11 is 0. The van der Waals surface area contributed by atoms with Crippen LogP contribution in [0, 0.1) is 0 Å². The molecule has 1 aliphatic rings. The molecule has 1 rings (SSSR count). The molecule has 0 aromatic carbocycles. The van der Waals surface area contributed by atoms with E-state index in [1.165, 1.54) is 11.8 Å². The molecule has 5 nitrogen and oxygen atoms in total. The Morgan fingerprint density at radius 3 is 2.47 bits per heavy atom. The molecule has 0 saturated carbocycles. The normalized spacial score (nSPS) is 25.3. The molecule has 0 aliphatic carbocycles. The number of alkyl halides is 1. The molecule has 1 aliphatic heterocycles. The summed E-state index contributed by atoms with van der Waals surface area (Å²) in [6.07, 6.45) is -1.16. The topological polar surface area (TPSA) is 58.6 Å². The first-order valence-corrected chi connectivity index (χ1v) is 6.66. The van der Waals surface area contributed by atoms with Gasteiger partial charge in [-0.1, -0.05) is 0 Å². The number of likely N-dealkylation sites (tertiary alicyclic amines) is 1. The van der Waals surface area contributed by atoms with Gasteiger partial charge in [0.15, 0.2) is 0 Å². The summed E-state index contributed by atoms with van der Waals surface area (Å²) in [4.78, 5) is 24.4. The Balaban J connectivity index is 2.51. The summed E-state index contributed by atoms with van der Waals surface area (Å²) in [6, 6.07) is -0.618. The summed E-state index contributed by atoms with van der Waals surface area (Å²) in [5.41, 5.74) is 0. The Bertz CT molecular complexity index is 336. The van der Waals surface area contributed by atoms with Crippen LogP contribution in [-0.2, 0) is 14.3 Å². The maximum Gasteiger partial charge on any atom is 0.244 e. The molecule has 3 atom stereocenters. The SMILES string of the molecule is CC(=O)N[C@@H](C)C(=O)N1CC[C@H](OC(C)C)[C@H](F)C1. The standard InChI is InChI=1S/C13H23FN2O3/c1-8(2)19-12-5-6-16(7-11(12)14)13(18)9(3)15-10(4)17/h8-9,11-12H,5-7H2,1-4H3,(H,15,17)/t9-,11+,12-/m0/s1. The molecule has 1 heterocycles. The second kappa shape index (κ2) is 6.84. The number of nitrogens with zero attached hydrogens (tertiary/aromatic N) is 1. The maximum atomic E-state index is 13.9. The highest BCUT2D eigenvalue weighted by molar-refractivity contribution is 5.86. The molecule has 19 heavy (non-hydrogen) atoms. The zero-order valence-electron chi connectivity index (χ0n) is 12.0. The second-order valence-corrected chi connectivity index (χ2v) is 5.23. The van der Waals surface area contributed by atoms with Crippen LogP contribution in [0.3, 0.4) is 0 Å². The van der Waals surface area contributed by atoms with Crippen molar-refractivity contribution in [3.05, 3.63) is 0 Å². The average Bonchev–Trinajstić information content (AvgIpc) is 2.29. The van der Waals surface area contributed by atoms with Crippen molar-refractivity contribution in [3.63, 3.8) is 0 Å². The monoisotopic (exact) mass is 274 g/mol. The first-order chi connectivity index (χ1) is 8.81. The molecule has 110 valence electrons. The lowest BCUT2D eigenvalue weighted by atomic mass is 10.0. The smallest absolute Gasteiger partial charge is 0.244 e. The van der Waals surface area contributed by atoms with E-state index in [1.807, 2.05) is 13.8 Å². The highest BCUT2D eigenvalue weighted by Gasteiger charge is 2.34. The Morgan fingerprint density at radius 1 is 1.37 bits per heavy atom. The predicted octanol–water partition coefficient (Wildman–Crippen LogP) is 0.875. The summed E-state index contributed by atoms with van der Waals surface area (Å²) in [7, 11) is 0. The lowest BCUT2D eigenvalue weighted by Gasteiger charge is -2.36. The van der Waals surface area contributed by atoms with Crippen molar-refractivity contribution in [2.24, 2.45) is 0 Å². The number of halogens is 1. The number of hydrogen-bond acceptors (Lipinski definition) is 3. The van der Waals surface area contributed by atoms with Gasteiger partial charge in [0.2, 0.25) is 11.8 Å². The van der Waals surface area contributed by atoms with Crippen molar-refractivity contribution in [3.8, 4) is 0 Å². The molecule has 1 fully saturated rings. The third-order valence-electron chi connectivity index (χ3n) is 3.03. The van der Waals surface area contributed by atoms with Gasteiger partial charge in [-0.05, 0) is 27.2 Å². The van der Waals surface area contributed by atoms with Gasteiger partial charge in [-0.2, -0.15) is 0 Å². The lowest BCUT2D eigenvalue weighted by Crippen LogP contribution is -2.53. The van der Waals surface area contributed by atoms with E-state index in [0.717, 1.165) is 0 Å². The van der Waals surface area contributed by atoms with Crippen LogP contribution in [0.25, 0.3) is 0 Å². The number of carbonyl (C=O) groups is 2. The molecule has 0 aromatic rings. The van der Waals surface area contributed by atoms with Gasteiger partial charge in [-0.3, -0.25) is 9.59 Å². The van der Waals surface area contributed by atoms with Gasteiger partial charge in [0, 0.05) is 13.5 Å². The minimum Gasteiger partial charge on any atom is -0.372 e. The van der Waals surface area contributed by atoms with Gasteiger partial charge in [0.25, 0.3) is 0 Å². The Morgan fingerprint density at radius 2 is 2.00 bits per heavy atom. The fraction of sp³-hybridized carbons (Fsp3) is 0.846. The third-order valence-corrected chi connectivity index (χ3v) is 3.03. The summed E-state index contributed by atoms with van der Waals surface area (Å²) in [5, 5.41) is 2.51. The minimum atomic E-state index is -1.18. The number of hydrogen-bond donors (Lipinski definition) is 1. The second-order valence-electron chi connectivity index (χ2n) is 5.23. The molecule has 2 amide bonds. The van der Waals surface area contributed by atoms with Crippen molar-refractivity contribution in [2.45, 2.75) is 58.5 Å². The average molecular weight is 274 g/mol. The molecule has 0 bridgehead atoms. The van der Waals surface area contributed by atoms with Crippen LogP contribution in [0.15, 0.2) is 0 Å². The van der Waals surface area contributed by atoms with E-state index in [4.69, 9.17) is 4.74 Å². The minimum absolute atomic E-state index is 0.0243. The van der Waals surface area contributed by atoms with Gasteiger partial charge in [-0.25, -0.2) is 4.39 Å². The number of nitrogens with one attached hydrogen (secondary N) is 1. The quantitative estimate of drug-likeness (QED) is 0.827. The van der Waals surface area contributed by atoms with Crippen LogP contribution in [-0.4, -0.2) is 54.2 Å². The van der Waals surface area contributed by atoms with Crippen molar-refractivity contribution in [1.29, 1.82) is 0 Å². The lowest BCUT2D eigenvalue weighted by molar-refractivity contribution is -0.141. The van der Waals surface area contributed by atoms with Crippen LogP contribution in [0.2, 0.25) is 0 Å². The van der Waals surface area contributed by atoms with E-state index in [1.54, 1.807) is 6.92 Å². The highest BCUT2D eigenvalue weighted by Crippen LogP contribution is 2.19. The van der Waals surface area contributed by atoms with Crippen LogP contribution in [0.4, 0.5) is 4.39 Å². The fourth-order valence-electron chi connectivity index (χ4n) is 2.23. The molecule has 1 N–H and O–H groups in total. The van der Waals surface area contributed by atoms with Crippen molar-refractivity contribution in [1.82, 2.24) is 10.2 Å². The summed E-state index contributed by atoms with van der Waals surface area (Å²) < 4.78 is 19.4. The van der Waals surface area contributed by atoms with Crippen LogP contribution >= 0.6 is 0 Å². The molecule has 0 aromatic heterocycles. The number of ether oxygens (including phenoxy) is 1. The van der Waals surface area contributed by atoms with Gasteiger partial charge >= 0.3 is 0 Å².